The van der Waals surface area contributed by atoms with E-state index in [9.17, 15) is 5.11 Å². The highest BCUT2D eigenvalue weighted by Gasteiger charge is 2.46. The van der Waals surface area contributed by atoms with Gasteiger partial charge in [0.15, 0.2) is 0 Å². The van der Waals surface area contributed by atoms with Gasteiger partial charge in [-0.2, -0.15) is 0 Å². The molecule has 1 heterocycles. The van der Waals surface area contributed by atoms with Gasteiger partial charge in [0.05, 0.1) is 6.10 Å². The first-order valence-electron chi connectivity index (χ1n) is 7.36. The third-order valence-corrected chi connectivity index (χ3v) is 5.70. The molecule has 1 aliphatic rings. The molecule has 0 radical (unpaired) electrons. The fourth-order valence-corrected chi connectivity index (χ4v) is 4.65. The van der Waals surface area contributed by atoms with Crippen LogP contribution in [0.1, 0.15) is 33.1 Å². The molecular weight excluding hydrogens is 272 g/mol. The zero-order valence-corrected chi connectivity index (χ0v) is 13.5. The lowest BCUT2D eigenvalue weighted by Gasteiger charge is -2.40. The number of hydrogen-bond donors (Lipinski definition) is 1. The van der Waals surface area contributed by atoms with Crippen LogP contribution in [-0.2, 0) is 8.85 Å². The van der Waals surface area contributed by atoms with Crippen molar-refractivity contribution in [2.75, 3.05) is 6.61 Å². The van der Waals surface area contributed by atoms with Crippen molar-refractivity contribution in [2.24, 2.45) is 5.92 Å². The molecule has 0 spiro atoms. The highest BCUT2D eigenvalue weighted by Crippen LogP contribution is 2.31. The van der Waals surface area contributed by atoms with E-state index in [0.717, 1.165) is 19.3 Å². The van der Waals surface area contributed by atoms with Crippen molar-refractivity contribution in [3.05, 3.63) is 24.3 Å². The molecule has 3 atom stereocenters. The van der Waals surface area contributed by atoms with Crippen LogP contribution in [0.25, 0.3) is 0 Å². The fourth-order valence-electron chi connectivity index (χ4n) is 2.55. The lowest BCUT2D eigenvalue weighted by molar-refractivity contribution is -0.0373. The molecule has 0 aromatic heterocycles. The Hall–Kier alpha value is -1.04. The van der Waals surface area contributed by atoms with E-state index in [1.165, 1.54) is 0 Å². The van der Waals surface area contributed by atoms with Crippen LogP contribution in [0.4, 0.5) is 0 Å². The van der Waals surface area contributed by atoms with Crippen LogP contribution >= 0.6 is 0 Å². The summed E-state index contributed by atoms with van der Waals surface area (Å²) in [6.07, 6.45) is 3.40. The minimum absolute atomic E-state index is 0.187. The standard InChI is InChI=1S/C15H24O4Si/c1-4-7-15-12(5-2)11-17-20(3,19-15)18-14-9-6-8-13(16)10-14/h6,8-10,12,15-16H,4-5,7,11H2,1-3H3/t12-,15-,20?/m1/s1. The fraction of sp³-hybridized carbons (Fsp3) is 0.600. The highest BCUT2D eigenvalue weighted by atomic mass is 28.4. The Kier molecular flexibility index (Phi) is 5.07. The molecule has 1 aromatic rings. The molecule has 5 heteroatoms. The first-order valence-corrected chi connectivity index (χ1v) is 9.58. The van der Waals surface area contributed by atoms with E-state index in [1.54, 1.807) is 18.2 Å². The van der Waals surface area contributed by atoms with Crippen molar-refractivity contribution in [3.63, 3.8) is 0 Å². The maximum absolute atomic E-state index is 9.50. The lowest BCUT2D eigenvalue weighted by Crippen LogP contribution is -2.55. The zero-order chi connectivity index (χ0) is 14.6. The summed E-state index contributed by atoms with van der Waals surface area (Å²) in [5, 5.41) is 9.50. The third-order valence-electron chi connectivity index (χ3n) is 3.67. The largest absolute Gasteiger partial charge is 0.563 e. The minimum Gasteiger partial charge on any atom is -0.508 e. The van der Waals surface area contributed by atoms with Gasteiger partial charge in [-0.25, -0.2) is 0 Å². The van der Waals surface area contributed by atoms with Crippen LogP contribution in [0.5, 0.6) is 11.5 Å². The molecule has 1 N–H and O–H groups in total. The lowest BCUT2D eigenvalue weighted by atomic mass is 9.97. The van der Waals surface area contributed by atoms with Gasteiger partial charge in [-0.05, 0) is 25.0 Å². The number of benzene rings is 1. The van der Waals surface area contributed by atoms with Crippen LogP contribution in [-0.4, -0.2) is 26.6 Å². The molecular formula is C15H24O4Si. The first-order chi connectivity index (χ1) is 9.56. The summed E-state index contributed by atoms with van der Waals surface area (Å²) in [5.41, 5.74) is 0. The smallest absolute Gasteiger partial charge is 0.508 e. The number of hydrogen-bond acceptors (Lipinski definition) is 4. The summed E-state index contributed by atoms with van der Waals surface area (Å²) < 4.78 is 18.0. The second-order valence-corrected chi connectivity index (χ2v) is 7.84. The van der Waals surface area contributed by atoms with Crippen molar-refractivity contribution >= 4 is 8.80 Å². The van der Waals surface area contributed by atoms with E-state index in [0.29, 0.717) is 18.3 Å². The van der Waals surface area contributed by atoms with Crippen LogP contribution < -0.4 is 4.43 Å². The normalized spacial score (nSPS) is 30.1. The summed E-state index contributed by atoms with van der Waals surface area (Å²) in [4.78, 5) is 0. The average Bonchev–Trinajstić information content (AvgIpc) is 2.39. The molecule has 4 nitrogen and oxygen atoms in total. The second kappa shape index (κ2) is 6.61. The molecule has 1 unspecified atom stereocenters. The Balaban J connectivity index is 2.06. The third kappa shape index (κ3) is 3.74. The van der Waals surface area contributed by atoms with Crippen molar-refractivity contribution in [1.82, 2.24) is 0 Å². The summed E-state index contributed by atoms with van der Waals surface area (Å²) in [6.45, 7) is 6.95. The molecule has 1 aliphatic heterocycles. The van der Waals surface area contributed by atoms with Gasteiger partial charge in [0, 0.05) is 25.1 Å². The van der Waals surface area contributed by atoms with Gasteiger partial charge in [0.25, 0.3) is 0 Å². The first kappa shape index (κ1) is 15.3. The van der Waals surface area contributed by atoms with Crippen molar-refractivity contribution < 1.29 is 18.4 Å². The van der Waals surface area contributed by atoms with Gasteiger partial charge in [0.2, 0.25) is 0 Å². The summed E-state index contributed by atoms with van der Waals surface area (Å²) in [6, 6.07) is 6.77. The van der Waals surface area contributed by atoms with E-state index in [2.05, 4.69) is 13.8 Å². The van der Waals surface area contributed by atoms with Crippen molar-refractivity contribution in [2.45, 2.75) is 45.8 Å². The Bertz CT molecular complexity index is 440. The van der Waals surface area contributed by atoms with Crippen molar-refractivity contribution in [1.29, 1.82) is 0 Å². The molecule has 0 bridgehead atoms. The monoisotopic (exact) mass is 296 g/mol. The Morgan fingerprint density at radius 3 is 2.85 bits per heavy atom. The van der Waals surface area contributed by atoms with Crippen LogP contribution in [0.3, 0.4) is 0 Å². The summed E-state index contributed by atoms with van der Waals surface area (Å²) in [5.74, 6) is 1.24. The van der Waals surface area contributed by atoms with Crippen molar-refractivity contribution in [3.8, 4) is 11.5 Å². The Morgan fingerprint density at radius 2 is 2.20 bits per heavy atom. The number of aromatic hydroxyl groups is 1. The molecule has 2 rings (SSSR count). The van der Waals surface area contributed by atoms with E-state index in [4.69, 9.17) is 13.3 Å². The quantitative estimate of drug-likeness (QED) is 0.844. The molecule has 112 valence electrons. The molecule has 20 heavy (non-hydrogen) atoms. The van der Waals surface area contributed by atoms with Gasteiger partial charge < -0.3 is 18.4 Å². The second-order valence-electron chi connectivity index (χ2n) is 5.39. The Morgan fingerprint density at radius 1 is 1.40 bits per heavy atom. The predicted molar refractivity (Wildman–Crippen MR) is 79.9 cm³/mol. The van der Waals surface area contributed by atoms with E-state index >= 15 is 0 Å². The SMILES string of the molecule is CCC[C@H]1O[Si](C)(Oc2cccc(O)c2)OC[C@H]1CC. The van der Waals surface area contributed by atoms with Crippen LogP contribution in [0, 0.1) is 5.92 Å². The zero-order valence-electron chi connectivity index (χ0n) is 12.5. The van der Waals surface area contributed by atoms with E-state index < -0.39 is 8.80 Å². The molecule has 0 aliphatic carbocycles. The topological polar surface area (TPSA) is 47.9 Å². The van der Waals surface area contributed by atoms with E-state index in [-0.39, 0.29) is 11.9 Å². The van der Waals surface area contributed by atoms with Gasteiger partial charge in [-0.1, -0.05) is 26.3 Å². The van der Waals surface area contributed by atoms with Crippen LogP contribution in [0.2, 0.25) is 6.55 Å². The molecule has 0 saturated carbocycles. The number of phenolic OH excluding ortho intramolecular Hbond substituents is 1. The molecule has 0 amide bonds. The van der Waals surface area contributed by atoms with Crippen LogP contribution in [0.15, 0.2) is 24.3 Å². The molecule has 1 aromatic carbocycles. The number of phenols is 1. The molecule has 1 saturated heterocycles. The molecule has 1 fully saturated rings. The van der Waals surface area contributed by atoms with Gasteiger partial charge in [0.1, 0.15) is 11.5 Å². The summed E-state index contributed by atoms with van der Waals surface area (Å²) >= 11 is 0. The Labute approximate surface area is 122 Å². The van der Waals surface area contributed by atoms with Gasteiger partial charge in [-0.15, -0.1) is 0 Å². The van der Waals surface area contributed by atoms with Gasteiger partial charge >= 0.3 is 8.80 Å². The summed E-state index contributed by atoms with van der Waals surface area (Å²) in [7, 11) is -2.67. The number of rotatable bonds is 5. The maximum atomic E-state index is 9.50. The van der Waals surface area contributed by atoms with E-state index in [1.807, 2.05) is 12.6 Å². The highest BCUT2D eigenvalue weighted by molar-refractivity contribution is 6.60. The predicted octanol–water partition coefficient (Wildman–Crippen LogP) is 3.58. The average molecular weight is 296 g/mol. The van der Waals surface area contributed by atoms with Gasteiger partial charge in [-0.3, -0.25) is 0 Å². The minimum atomic E-state index is -2.67. The maximum Gasteiger partial charge on any atom is 0.563 e.